The lowest BCUT2D eigenvalue weighted by Crippen LogP contribution is -2.41. The van der Waals surface area contributed by atoms with Crippen LogP contribution in [0.25, 0.3) is 0 Å². The zero-order valence-corrected chi connectivity index (χ0v) is 20.5. The quantitative estimate of drug-likeness (QED) is 0.434. The van der Waals surface area contributed by atoms with E-state index in [-0.39, 0.29) is 6.54 Å². The van der Waals surface area contributed by atoms with Gasteiger partial charge < -0.3 is 25.0 Å². The molecule has 35 heavy (non-hydrogen) atoms. The van der Waals surface area contributed by atoms with Gasteiger partial charge in [0.1, 0.15) is 22.1 Å². The highest BCUT2D eigenvalue weighted by Crippen LogP contribution is 2.35. The van der Waals surface area contributed by atoms with E-state index >= 15 is 0 Å². The molecule has 0 aliphatic carbocycles. The van der Waals surface area contributed by atoms with Crippen LogP contribution in [0.1, 0.15) is 15.9 Å². The summed E-state index contributed by atoms with van der Waals surface area (Å²) in [4.78, 5) is 14.2. The monoisotopic (exact) mass is 582 g/mol. The highest BCUT2D eigenvalue weighted by Gasteiger charge is 2.33. The maximum Gasteiger partial charge on any atom is 0.573 e. The number of hydrogen-bond acceptors (Lipinski definition) is 8. The minimum atomic E-state index is -5.13. The fraction of sp³-hybridized carbons (Fsp3) is 0.381. The van der Waals surface area contributed by atoms with E-state index in [0.29, 0.717) is 49.5 Å². The van der Waals surface area contributed by atoms with Crippen LogP contribution in [0.3, 0.4) is 0 Å². The summed E-state index contributed by atoms with van der Waals surface area (Å²) in [5, 5.41) is 23.1. The molecule has 1 saturated heterocycles. The smallest absolute Gasteiger partial charge is 0.507 e. The molecule has 1 aliphatic heterocycles. The molecule has 0 bridgehead atoms. The molecule has 2 aromatic rings. The van der Waals surface area contributed by atoms with Crippen LogP contribution < -0.4 is 10.1 Å². The topological polar surface area (TPSA) is 125 Å². The normalized spacial score (nSPS) is 15.1. The molecule has 0 saturated carbocycles. The molecule has 0 spiro atoms. The van der Waals surface area contributed by atoms with Crippen molar-refractivity contribution in [3.8, 4) is 17.2 Å². The van der Waals surface area contributed by atoms with Gasteiger partial charge in [-0.15, -0.1) is 13.2 Å². The number of halogens is 4. The average Bonchev–Trinajstić information content (AvgIpc) is 2.77. The number of morpholine rings is 1. The van der Waals surface area contributed by atoms with Crippen LogP contribution in [-0.4, -0.2) is 75.2 Å². The molecule has 14 heteroatoms. The first kappa shape index (κ1) is 27.0. The summed E-state index contributed by atoms with van der Waals surface area (Å²) in [6, 6.07) is 4.98. The number of benzene rings is 2. The summed E-state index contributed by atoms with van der Waals surface area (Å²) in [5.74, 6) is -4.20. The summed E-state index contributed by atoms with van der Waals surface area (Å²) < 4.78 is 73.8. The zero-order valence-electron chi connectivity index (χ0n) is 18.1. The zero-order chi connectivity index (χ0) is 25.8. The van der Waals surface area contributed by atoms with Crippen molar-refractivity contribution in [2.45, 2.75) is 17.0 Å². The number of nitrogens with one attached hydrogen (secondary N) is 1. The van der Waals surface area contributed by atoms with E-state index in [9.17, 15) is 36.6 Å². The Hall–Kier alpha value is -2.55. The molecule has 3 N–H and O–H groups in total. The van der Waals surface area contributed by atoms with Gasteiger partial charge in [-0.2, -0.15) is 0 Å². The van der Waals surface area contributed by atoms with Crippen LogP contribution in [0.15, 0.2) is 39.7 Å². The number of alkyl halides is 3. The van der Waals surface area contributed by atoms with Crippen molar-refractivity contribution < 1.29 is 46.1 Å². The van der Waals surface area contributed by atoms with E-state index in [4.69, 9.17) is 4.74 Å². The van der Waals surface area contributed by atoms with Gasteiger partial charge in [-0.05, 0) is 30.3 Å². The van der Waals surface area contributed by atoms with E-state index in [1.165, 1.54) is 6.07 Å². The number of nitrogens with zero attached hydrogens (tertiary/aromatic N) is 1. The fourth-order valence-corrected chi connectivity index (χ4v) is 5.40. The molecular weight excluding hydrogens is 561 g/mol. The summed E-state index contributed by atoms with van der Waals surface area (Å²) in [6.45, 7) is 2.95. The fourth-order valence-electron chi connectivity index (χ4n) is 3.41. The SMILES string of the molecule is O=C(NCCN1CCOCC1)c1cc(OC(F)(F)F)cc(CS(=O)(=O)c2cc(Br)ccc2O)c1O. The van der Waals surface area contributed by atoms with E-state index in [1.807, 2.05) is 4.90 Å². The third kappa shape index (κ3) is 7.46. The number of rotatable bonds is 8. The highest BCUT2D eigenvalue weighted by molar-refractivity contribution is 9.10. The van der Waals surface area contributed by atoms with Gasteiger partial charge in [0.05, 0.1) is 24.5 Å². The lowest BCUT2D eigenvalue weighted by atomic mass is 10.1. The van der Waals surface area contributed by atoms with Crippen molar-refractivity contribution in [1.82, 2.24) is 10.2 Å². The summed E-state index contributed by atoms with van der Waals surface area (Å²) >= 11 is 3.08. The van der Waals surface area contributed by atoms with Gasteiger partial charge in [-0.25, -0.2) is 8.42 Å². The van der Waals surface area contributed by atoms with Crippen LogP contribution in [0.4, 0.5) is 13.2 Å². The molecule has 3 rings (SSSR count). The standard InChI is InChI=1S/C21H22BrF3N2O7S/c22-14-1-2-17(28)18(10-14)35(31,32)12-13-9-15(34-21(23,24)25)11-16(19(13)29)20(30)26-3-4-27-5-7-33-8-6-27/h1-2,9-11,28-29H,3-8,12H2,(H,26,30). The van der Waals surface area contributed by atoms with Crippen molar-refractivity contribution in [1.29, 1.82) is 0 Å². The van der Waals surface area contributed by atoms with Gasteiger partial charge in [0.2, 0.25) is 0 Å². The van der Waals surface area contributed by atoms with Crippen molar-refractivity contribution in [3.05, 3.63) is 45.9 Å². The Morgan fingerprint density at radius 3 is 2.51 bits per heavy atom. The Morgan fingerprint density at radius 2 is 1.86 bits per heavy atom. The van der Waals surface area contributed by atoms with Crippen molar-refractivity contribution >= 4 is 31.7 Å². The minimum absolute atomic E-state index is 0.127. The Labute approximate surface area is 207 Å². The minimum Gasteiger partial charge on any atom is -0.507 e. The largest absolute Gasteiger partial charge is 0.573 e. The van der Waals surface area contributed by atoms with Crippen LogP contribution in [0.5, 0.6) is 17.2 Å². The lowest BCUT2D eigenvalue weighted by Gasteiger charge is -2.26. The molecular formula is C21H22BrF3N2O7S. The molecule has 0 unspecified atom stereocenters. The molecule has 9 nitrogen and oxygen atoms in total. The van der Waals surface area contributed by atoms with Gasteiger partial charge >= 0.3 is 6.36 Å². The Balaban J connectivity index is 1.89. The maximum absolute atomic E-state index is 12.9. The van der Waals surface area contributed by atoms with Crippen LogP contribution >= 0.6 is 15.9 Å². The summed E-state index contributed by atoms with van der Waals surface area (Å²) in [5.41, 5.74) is -1.10. The Bertz CT molecular complexity index is 1190. The first-order chi connectivity index (χ1) is 16.4. The number of amides is 1. The molecule has 2 aromatic carbocycles. The molecule has 0 aromatic heterocycles. The Morgan fingerprint density at radius 1 is 1.17 bits per heavy atom. The Kier molecular flexibility index (Phi) is 8.51. The van der Waals surface area contributed by atoms with Crippen molar-refractivity contribution in [2.75, 3.05) is 39.4 Å². The number of ether oxygens (including phenoxy) is 2. The number of hydrogen-bond donors (Lipinski definition) is 3. The second-order valence-electron chi connectivity index (χ2n) is 7.61. The molecule has 0 atom stereocenters. The van der Waals surface area contributed by atoms with E-state index in [0.717, 1.165) is 12.1 Å². The van der Waals surface area contributed by atoms with Crippen LogP contribution in [0, 0.1) is 0 Å². The molecule has 192 valence electrons. The molecule has 1 heterocycles. The van der Waals surface area contributed by atoms with Gasteiger partial charge in [0.15, 0.2) is 9.84 Å². The van der Waals surface area contributed by atoms with Crippen LogP contribution in [-0.2, 0) is 20.3 Å². The average molecular weight is 583 g/mol. The third-order valence-electron chi connectivity index (χ3n) is 5.06. The maximum atomic E-state index is 12.9. The second kappa shape index (κ2) is 11.0. The molecule has 1 aliphatic rings. The lowest BCUT2D eigenvalue weighted by molar-refractivity contribution is -0.274. The molecule has 1 fully saturated rings. The van der Waals surface area contributed by atoms with Gasteiger partial charge in [-0.1, -0.05) is 15.9 Å². The first-order valence-corrected chi connectivity index (χ1v) is 12.7. The number of carbonyl (C=O) groups excluding carboxylic acids is 1. The first-order valence-electron chi connectivity index (χ1n) is 10.3. The number of phenols is 2. The summed E-state index contributed by atoms with van der Waals surface area (Å²) in [7, 11) is -4.35. The van der Waals surface area contributed by atoms with Gasteiger partial charge in [0.25, 0.3) is 5.91 Å². The van der Waals surface area contributed by atoms with Crippen molar-refractivity contribution in [2.24, 2.45) is 0 Å². The van der Waals surface area contributed by atoms with Crippen LogP contribution in [0.2, 0.25) is 0 Å². The molecule has 0 radical (unpaired) electrons. The number of aromatic hydroxyl groups is 2. The van der Waals surface area contributed by atoms with E-state index in [2.05, 4.69) is 26.0 Å². The molecule has 1 amide bonds. The predicted octanol–water partition coefficient (Wildman–Crippen LogP) is 2.79. The highest BCUT2D eigenvalue weighted by atomic mass is 79.9. The number of phenolic OH excluding ortho intramolecular Hbond substituents is 2. The van der Waals surface area contributed by atoms with E-state index in [1.54, 1.807) is 0 Å². The van der Waals surface area contributed by atoms with Crippen molar-refractivity contribution in [3.63, 3.8) is 0 Å². The number of carbonyl (C=O) groups is 1. The predicted molar refractivity (Wildman–Crippen MR) is 121 cm³/mol. The second-order valence-corrected chi connectivity index (χ2v) is 10.5. The summed E-state index contributed by atoms with van der Waals surface area (Å²) in [6.07, 6.45) is -5.13. The number of sulfone groups is 1. The third-order valence-corrected chi connectivity index (χ3v) is 7.24. The van der Waals surface area contributed by atoms with Gasteiger partial charge in [0, 0.05) is 36.2 Å². The van der Waals surface area contributed by atoms with E-state index < -0.39 is 61.1 Å². The van der Waals surface area contributed by atoms with Gasteiger partial charge in [-0.3, -0.25) is 9.69 Å².